The van der Waals surface area contributed by atoms with Crippen molar-refractivity contribution in [1.29, 1.82) is 0 Å². The molecule has 9 heteroatoms. The Hall–Kier alpha value is -3.33. The minimum Gasteiger partial charge on any atom is -0.497 e. The van der Waals surface area contributed by atoms with E-state index in [1.165, 1.54) is 29.5 Å². The van der Waals surface area contributed by atoms with Crippen LogP contribution in [0.25, 0.3) is 0 Å². The second kappa shape index (κ2) is 10.6. The SMILES string of the molecule is COc1ccc(CCCc2nnc(SCC(=O)Nc3ccc(C(=O)O)cc3)n2C)cc1. The van der Waals surface area contributed by atoms with Gasteiger partial charge in [-0.3, -0.25) is 4.79 Å². The number of carboxylic acids is 1. The first-order valence-electron chi connectivity index (χ1n) is 9.73. The van der Waals surface area contributed by atoms with E-state index in [-0.39, 0.29) is 17.2 Å². The number of ether oxygens (including phenoxy) is 1. The van der Waals surface area contributed by atoms with E-state index in [9.17, 15) is 9.59 Å². The summed E-state index contributed by atoms with van der Waals surface area (Å²) >= 11 is 1.31. The molecule has 0 unspecified atom stereocenters. The van der Waals surface area contributed by atoms with Crippen LogP contribution in [-0.2, 0) is 24.7 Å². The maximum atomic E-state index is 12.2. The topological polar surface area (TPSA) is 106 Å². The molecule has 8 nitrogen and oxygen atoms in total. The summed E-state index contributed by atoms with van der Waals surface area (Å²) < 4.78 is 7.08. The summed E-state index contributed by atoms with van der Waals surface area (Å²) in [4.78, 5) is 23.1. The Kier molecular flexibility index (Phi) is 7.66. The van der Waals surface area contributed by atoms with Gasteiger partial charge < -0.3 is 19.7 Å². The van der Waals surface area contributed by atoms with Gasteiger partial charge in [0.2, 0.25) is 5.91 Å². The van der Waals surface area contributed by atoms with E-state index in [2.05, 4.69) is 27.6 Å². The molecule has 0 aliphatic rings. The van der Waals surface area contributed by atoms with Crippen LogP contribution in [0.1, 0.15) is 28.2 Å². The van der Waals surface area contributed by atoms with Gasteiger partial charge in [-0.1, -0.05) is 23.9 Å². The van der Waals surface area contributed by atoms with Gasteiger partial charge in [-0.05, 0) is 54.8 Å². The first-order valence-corrected chi connectivity index (χ1v) is 10.7. The average Bonchev–Trinajstić information content (AvgIpc) is 3.12. The molecular formula is C22H24N4O4S. The lowest BCUT2D eigenvalue weighted by atomic mass is 10.1. The Balaban J connectivity index is 1.45. The third-order valence-electron chi connectivity index (χ3n) is 4.70. The Bertz CT molecular complexity index is 1030. The second-order valence-corrected chi connectivity index (χ2v) is 7.82. The smallest absolute Gasteiger partial charge is 0.335 e. The largest absolute Gasteiger partial charge is 0.497 e. The maximum absolute atomic E-state index is 12.2. The fraction of sp³-hybridized carbons (Fsp3) is 0.273. The summed E-state index contributed by atoms with van der Waals surface area (Å²) in [5, 5.41) is 20.8. The van der Waals surface area contributed by atoms with E-state index in [0.29, 0.717) is 10.8 Å². The number of nitrogens with zero attached hydrogens (tertiary/aromatic N) is 3. The van der Waals surface area contributed by atoms with E-state index in [0.717, 1.165) is 30.8 Å². The lowest BCUT2D eigenvalue weighted by molar-refractivity contribution is -0.113. The highest BCUT2D eigenvalue weighted by atomic mass is 32.2. The van der Waals surface area contributed by atoms with Crippen molar-refractivity contribution in [1.82, 2.24) is 14.8 Å². The summed E-state index contributed by atoms with van der Waals surface area (Å²) in [6.45, 7) is 0. The van der Waals surface area contributed by atoms with Gasteiger partial charge in [-0.25, -0.2) is 4.79 Å². The number of aromatic carboxylic acids is 1. The minimum atomic E-state index is -1.00. The van der Waals surface area contributed by atoms with Crippen molar-refractivity contribution in [2.45, 2.75) is 24.4 Å². The summed E-state index contributed by atoms with van der Waals surface area (Å²) in [5.41, 5.74) is 1.96. The maximum Gasteiger partial charge on any atom is 0.335 e. The first-order chi connectivity index (χ1) is 15.0. The molecular weight excluding hydrogens is 416 g/mol. The molecule has 0 atom stereocenters. The molecule has 0 saturated heterocycles. The van der Waals surface area contributed by atoms with Crippen LogP contribution in [0.15, 0.2) is 53.7 Å². The lowest BCUT2D eigenvalue weighted by Gasteiger charge is -2.06. The van der Waals surface area contributed by atoms with Crippen LogP contribution in [0.4, 0.5) is 5.69 Å². The van der Waals surface area contributed by atoms with Gasteiger partial charge in [0, 0.05) is 19.2 Å². The van der Waals surface area contributed by atoms with Crippen molar-refractivity contribution in [3.8, 4) is 5.75 Å². The number of carbonyl (C=O) groups excluding carboxylic acids is 1. The molecule has 2 aromatic carbocycles. The number of thioether (sulfide) groups is 1. The summed E-state index contributed by atoms with van der Waals surface area (Å²) in [7, 11) is 3.55. The molecule has 0 spiro atoms. The number of carbonyl (C=O) groups is 2. The van der Waals surface area contributed by atoms with Crippen molar-refractivity contribution < 1.29 is 19.4 Å². The van der Waals surface area contributed by atoms with Gasteiger partial charge >= 0.3 is 5.97 Å². The van der Waals surface area contributed by atoms with Crippen molar-refractivity contribution in [3.05, 3.63) is 65.5 Å². The van der Waals surface area contributed by atoms with Gasteiger partial charge in [0.1, 0.15) is 11.6 Å². The highest BCUT2D eigenvalue weighted by Crippen LogP contribution is 2.18. The number of aryl methyl sites for hydroxylation is 2. The number of rotatable bonds is 10. The fourth-order valence-electron chi connectivity index (χ4n) is 2.95. The Morgan fingerprint density at radius 2 is 1.77 bits per heavy atom. The highest BCUT2D eigenvalue weighted by Gasteiger charge is 2.12. The first kappa shape index (κ1) is 22.4. The quantitative estimate of drug-likeness (QED) is 0.465. The fourth-order valence-corrected chi connectivity index (χ4v) is 3.68. The molecule has 0 bridgehead atoms. The zero-order valence-electron chi connectivity index (χ0n) is 17.4. The van der Waals surface area contributed by atoms with Crippen LogP contribution in [0.5, 0.6) is 5.75 Å². The van der Waals surface area contributed by atoms with Gasteiger partial charge in [-0.2, -0.15) is 0 Å². The third kappa shape index (κ3) is 6.32. The Labute approximate surface area is 184 Å². The molecule has 31 heavy (non-hydrogen) atoms. The number of anilines is 1. The lowest BCUT2D eigenvalue weighted by Crippen LogP contribution is -2.14. The number of amides is 1. The van der Waals surface area contributed by atoms with Crippen LogP contribution < -0.4 is 10.1 Å². The van der Waals surface area contributed by atoms with Crippen molar-refractivity contribution >= 4 is 29.3 Å². The molecule has 1 aromatic heterocycles. The zero-order chi connectivity index (χ0) is 22.2. The molecule has 0 radical (unpaired) electrons. The van der Waals surface area contributed by atoms with E-state index in [4.69, 9.17) is 9.84 Å². The number of hydrogen-bond acceptors (Lipinski definition) is 6. The number of carboxylic acid groups (broad SMARTS) is 1. The van der Waals surface area contributed by atoms with Gasteiger partial charge in [0.15, 0.2) is 5.16 Å². The second-order valence-electron chi connectivity index (χ2n) is 6.88. The van der Waals surface area contributed by atoms with Gasteiger partial charge in [0.05, 0.1) is 18.4 Å². The summed E-state index contributed by atoms with van der Waals surface area (Å²) in [6, 6.07) is 14.1. The average molecular weight is 441 g/mol. The van der Waals surface area contributed by atoms with E-state index in [1.54, 1.807) is 19.2 Å². The number of benzene rings is 2. The standard InChI is InChI=1S/C22H24N4O4S/c1-26-19(5-3-4-15-6-12-18(30-2)13-7-15)24-25-22(26)31-14-20(27)23-17-10-8-16(9-11-17)21(28)29/h6-13H,3-5,14H2,1-2H3,(H,23,27)(H,28,29). The Morgan fingerprint density at radius 3 is 2.42 bits per heavy atom. The number of methoxy groups -OCH3 is 1. The molecule has 1 heterocycles. The summed E-state index contributed by atoms with van der Waals surface area (Å²) in [5.74, 6) is 0.701. The van der Waals surface area contributed by atoms with E-state index in [1.807, 2.05) is 23.7 Å². The number of hydrogen-bond donors (Lipinski definition) is 2. The van der Waals surface area contributed by atoms with Crippen LogP contribution in [-0.4, -0.2) is 44.6 Å². The monoisotopic (exact) mass is 440 g/mol. The summed E-state index contributed by atoms with van der Waals surface area (Å²) in [6.07, 6.45) is 2.66. The molecule has 0 saturated carbocycles. The van der Waals surface area contributed by atoms with E-state index < -0.39 is 5.97 Å². The van der Waals surface area contributed by atoms with Crippen molar-refractivity contribution in [3.63, 3.8) is 0 Å². The van der Waals surface area contributed by atoms with Crippen LogP contribution in [0.3, 0.4) is 0 Å². The molecule has 1 amide bonds. The normalized spacial score (nSPS) is 10.6. The predicted octanol–water partition coefficient (Wildman–Crippen LogP) is 3.43. The molecule has 162 valence electrons. The van der Waals surface area contributed by atoms with Crippen molar-refractivity contribution in [2.24, 2.45) is 7.05 Å². The van der Waals surface area contributed by atoms with Gasteiger partial charge in [0.25, 0.3) is 0 Å². The minimum absolute atomic E-state index is 0.172. The third-order valence-corrected chi connectivity index (χ3v) is 5.72. The molecule has 3 aromatic rings. The molecule has 0 aliphatic carbocycles. The number of aromatic nitrogens is 3. The molecule has 0 aliphatic heterocycles. The predicted molar refractivity (Wildman–Crippen MR) is 119 cm³/mol. The van der Waals surface area contributed by atoms with Crippen molar-refractivity contribution in [2.75, 3.05) is 18.2 Å². The Morgan fingerprint density at radius 1 is 1.06 bits per heavy atom. The molecule has 2 N–H and O–H groups in total. The van der Waals surface area contributed by atoms with Crippen LogP contribution in [0, 0.1) is 0 Å². The number of nitrogens with one attached hydrogen (secondary N) is 1. The van der Waals surface area contributed by atoms with E-state index >= 15 is 0 Å². The van der Waals surface area contributed by atoms with Crippen LogP contribution >= 0.6 is 11.8 Å². The van der Waals surface area contributed by atoms with Gasteiger partial charge in [-0.15, -0.1) is 10.2 Å². The zero-order valence-corrected chi connectivity index (χ0v) is 18.2. The highest BCUT2D eigenvalue weighted by molar-refractivity contribution is 7.99. The molecule has 0 fully saturated rings. The van der Waals surface area contributed by atoms with Crippen LogP contribution in [0.2, 0.25) is 0 Å². The molecule has 3 rings (SSSR count).